The maximum atomic E-state index is 12.6. The van der Waals surface area contributed by atoms with Crippen molar-refractivity contribution in [1.82, 2.24) is 5.32 Å². The Hall–Kier alpha value is -0.0900. The minimum atomic E-state index is -2.93. The molecule has 2 atom stereocenters. The summed E-state index contributed by atoms with van der Waals surface area (Å²) in [6.45, 7) is 5.05. The zero-order valence-electron chi connectivity index (χ0n) is 12.7. The second-order valence-corrected chi connectivity index (χ2v) is 8.11. The van der Waals surface area contributed by atoms with Crippen LogP contribution in [0.2, 0.25) is 0 Å². The van der Waals surface area contributed by atoms with Gasteiger partial charge in [0.15, 0.2) is 9.84 Å². The van der Waals surface area contributed by atoms with E-state index in [0.717, 1.165) is 45.1 Å². The third kappa shape index (κ3) is 5.82. The van der Waals surface area contributed by atoms with Crippen molar-refractivity contribution in [3.63, 3.8) is 0 Å². The highest BCUT2D eigenvalue weighted by Gasteiger charge is 2.32. The topological polar surface area (TPSA) is 46.2 Å². The van der Waals surface area contributed by atoms with Crippen molar-refractivity contribution in [1.29, 1.82) is 0 Å². The first-order chi connectivity index (χ1) is 9.11. The Labute approximate surface area is 119 Å². The molecule has 1 saturated carbocycles. The molecule has 0 aromatic carbocycles. The second-order valence-electron chi connectivity index (χ2n) is 5.77. The summed E-state index contributed by atoms with van der Waals surface area (Å²) in [6.07, 6.45) is 9.49. The second kappa shape index (κ2) is 8.96. The maximum Gasteiger partial charge on any atom is 0.154 e. The average molecular weight is 289 g/mol. The van der Waals surface area contributed by atoms with Gasteiger partial charge in [-0.1, -0.05) is 52.4 Å². The van der Waals surface area contributed by atoms with Gasteiger partial charge < -0.3 is 5.32 Å². The van der Waals surface area contributed by atoms with Crippen LogP contribution in [0.25, 0.3) is 0 Å². The largest absolute Gasteiger partial charge is 0.313 e. The van der Waals surface area contributed by atoms with Crippen molar-refractivity contribution in [3.8, 4) is 0 Å². The number of hydrogen-bond acceptors (Lipinski definition) is 3. The van der Waals surface area contributed by atoms with Crippen molar-refractivity contribution in [3.05, 3.63) is 0 Å². The van der Waals surface area contributed by atoms with E-state index in [4.69, 9.17) is 0 Å². The molecular formula is C15H31NO2S. The summed E-state index contributed by atoms with van der Waals surface area (Å²) in [6, 6.07) is 0.178. The summed E-state index contributed by atoms with van der Waals surface area (Å²) in [5, 5.41) is 3.27. The molecule has 1 fully saturated rings. The average Bonchev–Trinajstić information content (AvgIpc) is 2.32. The summed E-state index contributed by atoms with van der Waals surface area (Å²) >= 11 is 0. The molecule has 1 N–H and O–H groups in total. The lowest BCUT2D eigenvalue weighted by atomic mass is 9.96. The Kier molecular flexibility index (Phi) is 8.00. The van der Waals surface area contributed by atoms with Crippen LogP contribution in [0.3, 0.4) is 0 Å². The molecule has 0 spiro atoms. The van der Waals surface area contributed by atoms with Gasteiger partial charge in [-0.3, -0.25) is 0 Å². The molecule has 114 valence electrons. The van der Waals surface area contributed by atoms with Crippen LogP contribution in [-0.2, 0) is 9.84 Å². The van der Waals surface area contributed by atoms with Crippen molar-refractivity contribution in [2.45, 2.75) is 82.9 Å². The number of unbranched alkanes of at least 4 members (excludes halogenated alkanes) is 2. The first-order valence-electron chi connectivity index (χ1n) is 8.06. The highest BCUT2D eigenvalue weighted by atomic mass is 32.2. The molecule has 0 amide bonds. The number of rotatable bonds is 7. The van der Waals surface area contributed by atoms with E-state index in [0.29, 0.717) is 5.75 Å². The maximum absolute atomic E-state index is 12.6. The zero-order chi connectivity index (χ0) is 14.1. The van der Waals surface area contributed by atoms with E-state index in [-0.39, 0.29) is 11.3 Å². The van der Waals surface area contributed by atoms with Gasteiger partial charge >= 0.3 is 0 Å². The van der Waals surface area contributed by atoms with Gasteiger partial charge in [-0.15, -0.1) is 0 Å². The summed E-state index contributed by atoms with van der Waals surface area (Å²) in [4.78, 5) is 0. The number of nitrogens with one attached hydrogen (secondary N) is 1. The summed E-state index contributed by atoms with van der Waals surface area (Å²) < 4.78 is 25.1. The van der Waals surface area contributed by atoms with Crippen molar-refractivity contribution in [2.75, 3.05) is 12.3 Å². The van der Waals surface area contributed by atoms with Gasteiger partial charge in [-0.25, -0.2) is 8.42 Å². The molecule has 1 rings (SSSR count). The minimum absolute atomic E-state index is 0.149. The standard InChI is InChI=1S/C15H31NO2S/c1-3-5-10-13-19(17,18)15-12-9-7-6-8-11-14(15)16-4-2/h14-16H,3-13H2,1-2H3. The van der Waals surface area contributed by atoms with Crippen molar-refractivity contribution in [2.24, 2.45) is 0 Å². The highest BCUT2D eigenvalue weighted by Crippen LogP contribution is 2.24. The molecule has 1 aliphatic rings. The predicted octanol–water partition coefficient (Wildman–Crippen LogP) is 3.29. The smallest absolute Gasteiger partial charge is 0.154 e. The van der Waals surface area contributed by atoms with Crippen LogP contribution in [0.4, 0.5) is 0 Å². The SMILES string of the molecule is CCCCCS(=O)(=O)C1CCCCCCC1NCC. The lowest BCUT2D eigenvalue weighted by Gasteiger charge is -2.29. The molecule has 0 aromatic heterocycles. The lowest BCUT2D eigenvalue weighted by Crippen LogP contribution is -2.45. The first kappa shape index (κ1) is 17.0. The van der Waals surface area contributed by atoms with Gasteiger partial charge in [0.1, 0.15) is 0 Å². The van der Waals surface area contributed by atoms with Gasteiger partial charge in [-0.2, -0.15) is 0 Å². The quantitative estimate of drug-likeness (QED) is 0.732. The van der Waals surface area contributed by atoms with E-state index in [1.54, 1.807) is 0 Å². The lowest BCUT2D eigenvalue weighted by molar-refractivity contribution is 0.392. The van der Waals surface area contributed by atoms with Crippen molar-refractivity contribution >= 4 is 9.84 Å². The third-order valence-corrected chi connectivity index (χ3v) is 6.51. The van der Waals surface area contributed by atoms with E-state index in [1.165, 1.54) is 19.3 Å². The Morgan fingerprint density at radius 1 is 1.00 bits per heavy atom. The third-order valence-electron chi connectivity index (χ3n) is 4.16. The van der Waals surface area contributed by atoms with Crippen LogP contribution in [0.15, 0.2) is 0 Å². The number of hydrogen-bond donors (Lipinski definition) is 1. The van der Waals surface area contributed by atoms with E-state index < -0.39 is 9.84 Å². The monoisotopic (exact) mass is 289 g/mol. The molecule has 0 bridgehead atoms. The summed E-state index contributed by atoms with van der Waals surface area (Å²) in [5.41, 5.74) is 0. The fourth-order valence-electron chi connectivity index (χ4n) is 3.08. The first-order valence-corrected chi connectivity index (χ1v) is 9.78. The Morgan fingerprint density at radius 3 is 2.32 bits per heavy atom. The molecule has 0 heterocycles. The van der Waals surface area contributed by atoms with Gasteiger partial charge in [-0.05, 0) is 25.8 Å². The normalized spacial score (nSPS) is 25.8. The molecule has 4 heteroatoms. The van der Waals surface area contributed by atoms with Crippen LogP contribution in [0.5, 0.6) is 0 Å². The van der Waals surface area contributed by atoms with Crippen LogP contribution in [-0.4, -0.2) is 32.0 Å². The highest BCUT2D eigenvalue weighted by molar-refractivity contribution is 7.92. The van der Waals surface area contributed by atoms with Crippen LogP contribution in [0.1, 0.15) is 71.6 Å². The van der Waals surface area contributed by atoms with E-state index in [2.05, 4.69) is 19.2 Å². The summed E-state index contributed by atoms with van der Waals surface area (Å²) in [5.74, 6) is 0.382. The zero-order valence-corrected chi connectivity index (χ0v) is 13.5. The molecule has 0 aliphatic heterocycles. The van der Waals surface area contributed by atoms with Gasteiger partial charge in [0.2, 0.25) is 0 Å². The van der Waals surface area contributed by atoms with Crippen LogP contribution in [0, 0.1) is 0 Å². The molecule has 19 heavy (non-hydrogen) atoms. The Balaban J connectivity index is 2.70. The minimum Gasteiger partial charge on any atom is -0.313 e. The molecule has 3 nitrogen and oxygen atoms in total. The van der Waals surface area contributed by atoms with Gasteiger partial charge in [0, 0.05) is 6.04 Å². The Morgan fingerprint density at radius 2 is 1.68 bits per heavy atom. The molecule has 0 radical (unpaired) electrons. The summed E-state index contributed by atoms with van der Waals surface area (Å²) in [7, 11) is -2.93. The number of sulfone groups is 1. The molecule has 2 unspecified atom stereocenters. The molecule has 0 aromatic rings. The van der Waals surface area contributed by atoms with Crippen LogP contribution < -0.4 is 5.32 Å². The van der Waals surface area contributed by atoms with E-state index in [1.807, 2.05) is 0 Å². The molecular weight excluding hydrogens is 258 g/mol. The van der Waals surface area contributed by atoms with Crippen molar-refractivity contribution < 1.29 is 8.42 Å². The van der Waals surface area contributed by atoms with Gasteiger partial charge in [0.05, 0.1) is 11.0 Å². The van der Waals surface area contributed by atoms with Crippen LogP contribution >= 0.6 is 0 Å². The van der Waals surface area contributed by atoms with E-state index >= 15 is 0 Å². The van der Waals surface area contributed by atoms with E-state index in [9.17, 15) is 8.42 Å². The fraction of sp³-hybridized carbons (Fsp3) is 1.00. The Bertz CT molecular complexity index is 327. The molecule has 0 saturated heterocycles. The predicted molar refractivity (Wildman–Crippen MR) is 82.3 cm³/mol. The van der Waals surface area contributed by atoms with Gasteiger partial charge in [0.25, 0.3) is 0 Å². The fourth-order valence-corrected chi connectivity index (χ4v) is 5.25. The molecule has 1 aliphatic carbocycles.